The molecule has 0 radical (unpaired) electrons. The van der Waals surface area contributed by atoms with Crippen molar-refractivity contribution in [2.75, 3.05) is 5.32 Å². The monoisotopic (exact) mass is 245 g/mol. The second-order valence-corrected chi connectivity index (χ2v) is 4.61. The molecule has 1 aliphatic rings. The van der Waals surface area contributed by atoms with Crippen molar-refractivity contribution < 1.29 is 14.7 Å². The van der Waals surface area contributed by atoms with E-state index in [-0.39, 0.29) is 11.8 Å². The number of amides is 1. The first kappa shape index (κ1) is 12.4. The molecule has 0 aliphatic heterocycles. The second kappa shape index (κ2) is 5.04. The Bertz CT molecular complexity index is 508. The molecule has 1 aromatic carbocycles. The zero-order chi connectivity index (χ0) is 13.1. The minimum Gasteiger partial charge on any atom is -0.478 e. The molecular formula is C14H15NO3. The summed E-state index contributed by atoms with van der Waals surface area (Å²) < 4.78 is 0. The standard InChI is InChI=1S/C14H15NO3/c1-9-7-12(9)14(18)15-11-4-2-3-10(8-11)5-6-13(16)17/h2-6,8-9,12H,7H2,1H3,(H,15,18)(H,16,17). The highest BCUT2D eigenvalue weighted by Crippen LogP contribution is 2.38. The number of rotatable bonds is 4. The lowest BCUT2D eigenvalue weighted by molar-refractivity contribution is -0.131. The lowest BCUT2D eigenvalue weighted by Gasteiger charge is -2.05. The van der Waals surface area contributed by atoms with Gasteiger partial charge in [0.2, 0.25) is 5.91 Å². The first-order valence-corrected chi connectivity index (χ1v) is 5.88. The van der Waals surface area contributed by atoms with Gasteiger partial charge in [0, 0.05) is 17.7 Å². The highest BCUT2D eigenvalue weighted by atomic mass is 16.4. The summed E-state index contributed by atoms with van der Waals surface area (Å²) in [6.07, 6.45) is 3.52. The van der Waals surface area contributed by atoms with E-state index in [1.54, 1.807) is 24.3 Å². The van der Waals surface area contributed by atoms with Gasteiger partial charge in [-0.3, -0.25) is 4.79 Å². The van der Waals surface area contributed by atoms with E-state index in [9.17, 15) is 9.59 Å². The molecule has 2 N–H and O–H groups in total. The smallest absolute Gasteiger partial charge is 0.328 e. The minimum atomic E-state index is -0.990. The van der Waals surface area contributed by atoms with E-state index in [0.29, 0.717) is 11.6 Å². The number of benzene rings is 1. The third-order valence-electron chi connectivity index (χ3n) is 3.02. The van der Waals surface area contributed by atoms with Crippen molar-refractivity contribution in [2.24, 2.45) is 11.8 Å². The van der Waals surface area contributed by atoms with Crippen LogP contribution < -0.4 is 5.32 Å². The van der Waals surface area contributed by atoms with Crippen LogP contribution in [-0.2, 0) is 9.59 Å². The third-order valence-corrected chi connectivity index (χ3v) is 3.02. The summed E-state index contributed by atoms with van der Waals surface area (Å²) in [6, 6.07) is 7.12. The van der Waals surface area contributed by atoms with Crippen molar-refractivity contribution in [3.63, 3.8) is 0 Å². The van der Waals surface area contributed by atoms with E-state index in [2.05, 4.69) is 12.2 Å². The molecule has 4 nitrogen and oxygen atoms in total. The van der Waals surface area contributed by atoms with Gasteiger partial charge in [-0.05, 0) is 36.1 Å². The van der Waals surface area contributed by atoms with Gasteiger partial charge in [-0.1, -0.05) is 19.1 Å². The Morgan fingerprint density at radius 1 is 1.44 bits per heavy atom. The molecule has 4 heteroatoms. The second-order valence-electron chi connectivity index (χ2n) is 4.61. The predicted molar refractivity (Wildman–Crippen MR) is 69.0 cm³/mol. The van der Waals surface area contributed by atoms with E-state index >= 15 is 0 Å². The normalized spacial score (nSPS) is 21.8. The molecule has 0 spiro atoms. The quantitative estimate of drug-likeness (QED) is 0.800. The summed E-state index contributed by atoms with van der Waals surface area (Å²) in [5.74, 6) is -0.346. The maximum atomic E-state index is 11.7. The van der Waals surface area contributed by atoms with Crippen molar-refractivity contribution in [2.45, 2.75) is 13.3 Å². The number of hydrogen-bond donors (Lipinski definition) is 2. The van der Waals surface area contributed by atoms with Crippen LogP contribution in [0.1, 0.15) is 18.9 Å². The first-order chi connectivity index (χ1) is 8.56. The predicted octanol–water partition coefficient (Wildman–Crippen LogP) is 2.38. The van der Waals surface area contributed by atoms with E-state index in [0.717, 1.165) is 18.1 Å². The van der Waals surface area contributed by atoms with Gasteiger partial charge in [0.1, 0.15) is 0 Å². The maximum Gasteiger partial charge on any atom is 0.328 e. The maximum absolute atomic E-state index is 11.7. The van der Waals surface area contributed by atoms with Crippen LogP contribution >= 0.6 is 0 Å². The molecule has 1 fully saturated rings. The molecule has 94 valence electrons. The molecule has 2 atom stereocenters. The minimum absolute atomic E-state index is 0.0434. The van der Waals surface area contributed by atoms with Crippen LogP contribution in [0.2, 0.25) is 0 Å². The summed E-state index contributed by atoms with van der Waals surface area (Å²) in [5.41, 5.74) is 1.45. The van der Waals surface area contributed by atoms with Gasteiger partial charge in [0.25, 0.3) is 0 Å². The van der Waals surface area contributed by atoms with Crippen molar-refractivity contribution in [3.05, 3.63) is 35.9 Å². The van der Waals surface area contributed by atoms with Crippen molar-refractivity contribution in [1.82, 2.24) is 0 Å². The average molecular weight is 245 g/mol. The molecule has 1 amide bonds. The van der Waals surface area contributed by atoms with Crippen LogP contribution in [0.25, 0.3) is 6.08 Å². The molecule has 0 saturated heterocycles. The molecule has 2 unspecified atom stereocenters. The number of carboxylic acids is 1. The number of aliphatic carboxylic acids is 1. The fourth-order valence-electron chi connectivity index (χ4n) is 1.81. The van der Waals surface area contributed by atoms with E-state index in [4.69, 9.17) is 5.11 Å². The van der Waals surface area contributed by atoms with Crippen LogP contribution in [-0.4, -0.2) is 17.0 Å². The molecule has 1 aliphatic carbocycles. The summed E-state index contributed by atoms with van der Waals surface area (Å²) >= 11 is 0. The van der Waals surface area contributed by atoms with E-state index in [1.807, 2.05) is 0 Å². The number of carbonyl (C=O) groups excluding carboxylic acids is 1. The molecule has 1 aromatic rings. The summed E-state index contributed by atoms with van der Waals surface area (Å²) in [4.78, 5) is 22.2. The largest absolute Gasteiger partial charge is 0.478 e. The summed E-state index contributed by atoms with van der Waals surface area (Å²) in [5, 5.41) is 11.4. The molecule has 2 rings (SSSR count). The Hall–Kier alpha value is -2.10. The summed E-state index contributed by atoms with van der Waals surface area (Å²) in [7, 11) is 0. The first-order valence-electron chi connectivity index (χ1n) is 5.88. The van der Waals surface area contributed by atoms with Crippen molar-refractivity contribution in [3.8, 4) is 0 Å². The van der Waals surface area contributed by atoms with Gasteiger partial charge in [-0.2, -0.15) is 0 Å². The molecule has 1 saturated carbocycles. The van der Waals surface area contributed by atoms with Gasteiger partial charge in [-0.25, -0.2) is 4.79 Å². The fraction of sp³-hybridized carbons (Fsp3) is 0.286. The number of hydrogen-bond acceptors (Lipinski definition) is 2. The van der Waals surface area contributed by atoms with Crippen molar-refractivity contribution in [1.29, 1.82) is 0 Å². The summed E-state index contributed by atoms with van der Waals surface area (Å²) in [6.45, 7) is 2.05. The lowest BCUT2D eigenvalue weighted by atomic mass is 10.2. The highest BCUT2D eigenvalue weighted by molar-refractivity contribution is 5.94. The number of carboxylic acid groups (broad SMARTS) is 1. The van der Waals surface area contributed by atoms with Gasteiger partial charge < -0.3 is 10.4 Å². The highest BCUT2D eigenvalue weighted by Gasteiger charge is 2.38. The Balaban J connectivity index is 2.03. The van der Waals surface area contributed by atoms with Gasteiger partial charge in [-0.15, -0.1) is 0 Å². The van der Waals surface area contributed by atoms with E-state index < -0.39 is 5.97 Å². The number of nitrogens with one attached hydrogen (secondary N) is 1. The Kier molecular flexibility index (Phi) is 3.46. The average Bonchev–Trinajstić information content (AvgIpc) is 3.04. The zero-order valence-corrected chi connectivity index (χ0v) is 10.1. The molecule has 0 bridgehead atoms. The number of anilines is 1. The van der Waals surface area contributed by atoms with Crippen LogP contribution in [0.4, 0.5) is 5.69 Å². The molecular weight excluding hydrogens is 230 g/mol. The number of carbonyl (C=O) groups is 2. The van der Waals surface area contributed by atoms with E-state index in [1.165, 1.54) is 6.08 Å². The van der Waals surface area contributed by atoms with Crippen LogP contribution in [0.15, 0.2) is 30.3 Å². The van der Waals surface area contributed by atoms with Crippen LogP contribution in [0.3, 0.4) is 0 Å². The van der Waals surface area contributed by atoms with Gasteiger partial charge in [0.15, 0.2) is 0 Å². The SMILES string of the molecule is CC1CC1C(=O)Nc1cccc(C=CC(=O)O)c1. The Morgan fingerprint density at radius 3 is 2.78 bits per heavy atom. The Labute approximate surface area is 105 Å². The molecule has 18 heavy (non-hydrogen) atoms. The van der Waals surface area contributed by atoms with Gasteiger partial charge >= 0.3 is 5.97 Å². The van der Waals surface area contributed by atoms with Crippen molar-refractivity contribution >= 4 is 23.6 Å². The Morgan fingerprint density at radius 2 is 2.17 bits per heavy atom. The lowest BCUT2D eigenvalue weighted by Crippen LogP contribution is -2.14. The fourth-order valence-corrected chi connectivity index (χ4v) is 1.81. The zero-order valence-electron chi connectivity index (χ0n) is 10.1. The van der Waals surface area contributed by atoms with Crippen LogP contribution in [0.5, 0.6) is 0 Å². The third kappa shape index (κ3) is 3.20. The molecule has 0 aromatic heterocycles. The van der Waals surface area contributed by atoms with Gasteiger partial charge in [0.05, 0.1) is 0 Å². The topological polar surface area (TPSA) is 66.4 Å². The molecule has 0 heterocycles. The van der Waals surface area contributed by atoms with Crippen LogP contribution in [0, 0.1) is 11.8 Å².